The van der Waals surface area contributed by atoms with Crippen molar-refractivity contribution in [2.75, 3.05) is 0 Å². The Labute approximate surface area is 81.2 Å². The number of rotatable bonds is 1. The summed E-state index contributed by atoms with van der Waals surface area (Å²) in [7, 11) is 0. The fourth-order valence-corrected chi connectivity index (χ4v) is 1.11. The molecule has 0 fully saturated rings. The lowest BCUT2D eigenvalue weighted by molar-refractivity contribution is -0.181. The summed E-state index contributed by atoms with van der Waals surface area (Å²) < 4.78 is 62.0. The van der Waals surface area contributed by atoms with Crippen LogP contribution in [0.2, 0.25) is 0 Å². The Morgan fingerprint density at radius 3 is 2.47 bits per heavy atom. The van der Waals surface area contributed by atoms with Crippen LogP contribution < -0.4 is 5.73 Å². The molecule has 0 saturated heterocycles. The highest BCUT2D eigenvalue weighted by Crippen LogP contribution is 2.33. The van der Waals surface area contributed by atoms with E-state index in [4.69, 9.17) is 5.73 Å². The van der Waals surface area contributed by atoms with Crippen LogP contribution in [0.25, 0.3) is 0 Å². The van der Waals surface area contributed by atoms with Gasteiger partial charge in [-0.15, -0.1) is 0 Å². The van der Waals surface area contributed by atoms with Crippen LogP contribution in [0.5, 0.6) is 0 Å². The molecule has 0 aromatic heterocycles. The summed E-state index contributed by atoms with van der Waals surface area (Å²) in [5, 5.41) is 0. The van der Waals surface area contributed by atoms with Gasteiger partial charge in [-0.3, -0.25) is 4.79 Å². The van der Waals surface area contributed by atoms with Crippen LogP contribution in [-0.2, 0) is 4.79 Å². The Morgan fingerprint density at radius 2 is 2.00 bits per heavy atom. The van der Waals surface area contributed by atoms with Crippen molar-refractivity contribution in [2.24, 2.45) is 5.73 Å². The Kier molecular flexibility index (Phi) is 2.69. The lowest BCUT2D eigenvalue weighted by atomic mass is 9.87. The first-order valence-electron chi connectivity index (χ1n) is 3.80. The van der Waals surface area contributed by atoms with Gasteiger partial charge in [0.1, 0.15) is 5.83 Å². The summed E-state index contributed by atoms with van der Waals surface area (Å²) in [6, 6.07) is -1.84. The minimum absolute atomic E-state index is 0.0620. The predicted molar refractivity (Wildman–Crippen MR) is 41.2 cm³/mol. The number of allylic oxidation sites excluding steroid dienone is 2. The SMILES string of the molecule is NC1C=CC(F)=CC1(F)C(=O)C(F)(F)F. The molecule has 15 heavy (non-hydrogen) atoms. The number of hydrogen-bond acceptors (Lipinski definition) is 2. The van der Waals surface area contributed by atoms with Crippen molar-refractivity contribution in [3.63, 3.8) is 0 Å². The number of nitrogens with two attached hydrogens (primary N) is 1. The molecule has 1 rings (SSSR count). The molecule has 2 unspecified atom stereocenters. The van der Waals surface area contributed by atoms with E-state index in [0.717, 1.165) is 0 Å². The number of halogens is 5. The van der Waals surface area contributed by atoms with E-state index in [1.54, 1.807) is 0 Å². The third kappa shape index (κ3) is 2.06. The minimum atomic E-state index is -5.39. The Balaban J connectivity index is 3.12. The first-order valence-corrected chi connectivity index (χ1v) is 3.80. The fourth-order valence-electron chi connectivity index (χ4n) is 1.11. The number of ketones is 1. The van der Waals surface area contributed by atoms with Gasteiger partial charge in [0.2, 0.25) is 5.67 Å². The minimum Gasteiger partial charge on any atom is -0.321 e. The molecule has 0 heterocycles. The summed E-state index contributed by atoms with van der Waals surface area (Å²) >= 11 is 0. The van der Waals surface area contributed by atoms with E-state index in [2.05, 4.69) is 0 Å². The topological polar surface area (TPSA) is 43.1 Å². The molecular formula is C8H6F5NO. The van der Waals surface area contributed by atoms with Gasteiger partial charge in [0.05, 0.1) is 6.04 Å². The summed E-state index contributed by atoms with van der Waals surface area (Å²) in [6.45, 7) is 0. The van der Waals surface area contributed by atoms with Crippen LogP contribution in [0.3, 0.4) is 0 Å². The molecule has 0 bridgehead atoms. The van der Waals surface area contributed by atoms with Crippen LogP contribution in [0.4, 0.5) is 22.0 Å². The molecule has 84 valence electrons. The lowest BCUT2D eigenvalue weighted by Gasteiger charge is -2.27. The third-order valence-electron chi connectivity index (χ3n) is 1.90. The van der Waals surface area contributed by atoms with Crippen LogP contribution >= 0.6 is 0 Å². The standard InChI is InChI=1S/C8H6F5NO/c9-4-1-2-5(14)7(10,3-4)6(15)8(11,12)13/h1-3,5H,14H2. The molecule has 2 N–H and O–H groups in total. The lowest BCUT2D eigenvalue weighted by Crippen LogP contribution is -2.54. The smallest absolute Gasteiger partial charge is 0.321 e. The zero-order valence-corrected chi connectivity index (χ0v) is 7.18. The summed E-state index contributed by atoms with van der Waals surface area (Å²) in [4.78, 5) is 10.7. The van der Waals surface area contributed by atoms with Crippen molar-refractivity contribution in [2.45, 2.75) is 17.9 Å². The molecule has 0 radical (unpaired) electrons. The van der Waals surface area contributed by atoms with E-state index in [9.17, 15) is 26.7 Å². The van der Waals surface area contributed by atoms with E-state index in [1.165, 1.54) is 0 Å². The number of Topliss-reactive ketones (excluding diaryl/α,β-unsaturated/α-hetero) is 1. The van der Waals surface area contributed by atoms with Crippen molar-refractivity contribution in [3.05, 3.63) is 24.1 Å². The van der Waals surface area contributed by atoms with Crippen LogP contribution in [-0.4, -0.2) is 23.7 Å². The van der Waals surface area contributed by atoms with Crippen molar-refractivity contribution >= 4 is 5.78 Å². The number of carbonyl (C=O) groups is 1. The van der Waals surface area contributed by atoms with Gasteiger partial charge in [-0.05, 0) is 12.2 Å². The summed E-state index contributed by atoms with van der Waals surface area (Å²) in [5.74, 6) is -3.97. The monoisotopic (exact) mass is 227 g/mol. The van der Waals surface area contributed by atoms with Gasteiger partial charge in [0, 0.05) is 0 Å². The molecule has 0 amide bonds. The normalized spacial score (nSPS) is 31.3. The van der Waals surface area contributed by atoms with Gasteiger partial charge in [0.25, 0.3) is 5.78 Å². The highest BCUT2D eigenvalue weighted by atomic mass is 19.4. The van der Waals surface area contributed by atoms with Crippen molar-refractivity contribution in [1.29, 1.82) is 0 Å². The summed E-state index contributed by atoms with van der Waals surface area (Å²) in [6.07, 6.45) is -4.09. The fraction of sp³-hybridized carbons (Fsp3) is 0.375. The molecule has 1 aliphatic rings. The molecular weight excluding hydrogens is 221 g/mol. The third-order valence-corrected chi connectivity index (χ3v) is 1.90. The molecule has 0 aliphatic heterocycles. The number of alkyl halides is 4. The molecule has 2 nitrogen and oxygen atoms in total. The zero-order chi connectivity index (χ0) is 11.9. The van der Waals surface area contributed by atoms with Gasteiger partial charge >= 0.3 is 6.18 Å². The van der Waals surface area contributed by atoms with Gasteiger partial charge in [-0.25, -0.2) is 8.78 Å². The van der Waals surface area contributed by atoms with E-state index in [1.807, 2.05) is 0 Å². The molecule has 2 atom stereocenters. The average Bonchev–Trinajstić information content (AvgIpc) is 2.09. The van der Waals surface area contributed by atoms with Crippen LogP contribution in [0.1, 0.15) is 0 Å². The molecule has 1 aliphatic carbocycles. The van der Waals surface area contributed by atoms with Gasteiger partial charge in [-0.1, -0.05) is 6.08 Å². The first kappa shape index (κ1) is 11.8. The van der Waals surface area contributed by atoms with Crippen molar-refractivity contribution < 1.29 is 26.7 Å². The molecule has 0 aromatic rings. The van der Waals surface area contributed by atoms with Crippen molar-refractivity contribution in [3.8, 4) is 0 Å². The first-order chi connectivity index (χ1) is 6.68. The maximum atomic E-state index is 13.5. The molecule has 0 aromatic carbocycles. The number of carbonyl (C=O) groups excluding carboxylic acids is 1. The molecule has 0 saturated carbocycles. The Morgan fingerprint density at radius 1 is 1.47 bits per heavy atom. The van der Waals surface area contributed by atoms with E-state index in [0.29, 0.717) is 12.2 Å². The maximum absolute atomic E-state index is 13.5. The van der Waals surface area contributed by atoms with E-state index >= 15 is 0 Å². The van der Waals surface area contributed by atoms with Crippen molar-refractivity contribution in [1.82, 2.24) is 0 Å². The Bertz CT molecular complexity index is 345. The second-order valence-electron chi connectivity index (χ2n) is 3.01. The van der Waals surface area contributed by atoms with Gasteiger partial charge in [0.15, 0.2) is 0 Å². The van der Waals surface area contributed by atoms with Crippen LogP contribution in [0, 0.1) is 0 Å². The quantitative estimate of drug-likeness (QED) is 0.691. The number of hydrogen-bond donors (Lipinski definition) is 1. The van der Waals surface area contributed by atoms with E-state index < -0.39 is 29.5 Å². The zero-order valence-electron chi connectivity index (χ0n) is 7.18. The summed E-state index contributed by atoms with van der Waals surface area (Å²) in [5.41, 5.74) is 1.42. The second-order valence-corrected chi connectivity index (χ2v) is 3.01. The van der Waals surface area contributed by atoms with E-state index in [-0.39, 0.29) is 6.08 Å². The second kappa shape index (κ2) is 3.41. The van der Waals surface area contributed by atoms with Gasteiger partial charge in [-0.2, -0.15) is 13.2 Å². The average molecular weight is 227 g/mol. The highest BCUT2D eigenvalue weighted by molar-refractivity contribution is 5.95. The maximum Gasteiger partial charge on any atom is 0.453 e. The van der Waals surface area contributed by atoms with Gasteiger partial charge < -0.3 is 5.73 Å². The highest BCUT2D eigenvalue weighted by Gasteiger charge is 2.56. The largest absolute Gasteiger partial charge is 0.453 e. The predicted octanol–water partition coefficient (Wildman–Crippen LogP) is 1.58. The molecule has 7 heteroatoms. The Hall–Kier alpha value is -1.24. The van der Waals surface area contributed by atoms with Crippen LogP contribution in [0.15, 0.2) is 24.1 Å². The molecule has 0 spiro atoms.